The second-order valence-electron chi connectivity index (χ2n) is 10.6. The second kappa shape index (κ2) is 15.3. The van der Waals surface area contributed by atoms with E-state index in [1.807, 2.05) is 44.2 Å². The number of nitrogens with zero attached hydrogens (tertiary/aromatic N) is 2. The lowest BCUT2D eigenvalue weighted by Crippen LogP contribution is -2.51. The Morgan fingerprint density at radius 1 is 0.929 bits per heavy atom. The highest BCUT2D eigenvalue weighted by molar-refractivity contribution is 7.92. The molecule has 0 saturated heterocycles. The molecule has 42 heavy (non-hydrogen) atoms. The van der Waals surface area contributed by atoms with Crippen molar-refractivity contribution in [3.8, 4) is 5.75 Å². The van der Waals surface area contributed by atoms with Crippen LogP contribution in [-0.2, 0) is 32.6 Å². The third kappa shape index (κ3) is 9.87. The lowest BCUT2D eigenvalue weighted by atomic mass is 10.0. The van der Waals surface area contributed by atoms with E-state index in [4.69, 9.17) is 4.74 Å². The van der Waals surface area contributed by atoms with Crippen molar-refractivity contribution >= 4 is 27.5 Å². The quantitative estimate of drug-likeness (QED) is 0.272. The number of amides is 2. The van der Waals surface area contributed by atoms with E-state index in [-0.39, 0.29) is 43.7 Å². The van der Waals surface area contributed by atoms with Gasteiger partial charge in [-0.15, -0.1) is 0 Å². The van der Waals surface area contributed by atoms with Gasteiger partial charge in [-0.1, -0.05) is 56.3 Å². The van der Waals surface area contributed by atoms with Crippen molar-refractivity contribution < 1.29 is 27.1 Å². The fourth-order valence-electron chi connectivity index (χ4n) is 4.52. The van der Waals surface area contributed by atoms with Crippen molar-refractivity contribution in [2.75, 3.05) is 30.8 Å². The molecule has 0 bridgehead atoms. The zero-order chi connectivity index (χ0) is 30.7. The van der Waals surface area contributed by atoms with Crippen LogP contribution in [0.5, 0.6) is 5.75 Å². The standard InChI is InChI=1S/C32H40FN3O5S/c1-24(2)22-34-32(38)30(21-25-9-6-5-7-10-25)35(23-26-12-14-27(33)15-13-26)31(37)11-8-20-36(42(4,39)40)28-16-18-29(41-3)19-17-28/h5-7,9-10,12-19,24,30H,8,11,20-23H2,1-4H3,(H,34,38)/t30-/m1/s1. The highest BCUT2D eigenvalue weighted by atomic mass is 32.2. The summed E-state index contributed by atoms with van der Waals surface area (Å²) in [6, 6.07) is 21.1. The first-order chi connectivity index (χ1) is 20.0. The number of nitrogens with one attached hydrogen (secondary N) is 1. The fraction of sp³-hybridized carbons (Fsp3) is 0.375. The molecule has 3 aromatic rings. The molecule has 10 heteroatoms. The molecule has 0 aromatic heterocycles. The number of ether oxygens (including phenoxy) is 1. The molecule has 3 rings (SSSR count). The van der Waals surface area contributed by atoms with Gasteiger partial charge in [-0.25, -0.2) is 12.8 Å². The molecule has 8 nitrogen and oxygen atoms in total. The Hall–Kier alpha value is -3.92. The zero-order valence-electron chi connectivity index (χ0n) is 24.6. The first-order valence-corrected chi connectivity index (χ1v) is 15.8. The first-order valence-electron chi connectivity index (χ1n) is 13.9. The predicted octanol–water partition coefficient (Wildman–Crippen LogP) is 4.79. The van der Waals surface area contributed by atoms with Crippen molar-refractivity contribution in [1.29, 1.82) is 0 Å². The number of hydrogen-bond donors (Lipinski definition) is 1. The smallest absolute Gasteiger partial charge is 0.243 e. The highest BCUT2D eigenvalue weighted by Gasteiger charge is 2.30. The average molecular weight is 598 g/mol. The Balaban J connectivity index is 1.86. The van der Waals surface area contributed by atoms with Gasteiger partial charge >= 0.3 is 0 Å². The van der Waals surface area contributed by atoms with Crippen LogP contribution in [0.2, 0.25) is 0 Å². The van der Waals surface area contributed by atoms with E-state index in [0.29, 0.717) is 30.0 Å². The maximum Gasteiger partial charge on any atom is 0.243 e. The summed E-state index contributed by atoms with van der Waals surface area (Å²) in [5.41, 5.74) is 2.03. The van der Waals surface area contributed by atoms with E-state index < -0.39 is 21.9 Å². The summed E-state index contributed by atoms with van der Waals surface area (Å²) in [5.74, 6) is -0.166. The van der Waals surface area contributed by atoms with Gasteiger partial charge < -0.3 is 15.0 Å². The van der Waals surface area contributed by atoms with E-state index in [1.54, 1.807) is 36.4 Å². The summed E-state index contributed by atoms with van der Waals surface area (Å²) in [5, 5.41) is 2.97. The number of rotatable bonds is 15. The summed E-state index contributed by atoms with van der Waals surface area (Å²) in [7, 11) is -2.10. The summed E-state index contributed by atoms with van der Waals surface area (Å²) >= 11 is 0. The number of methoxy groups -OCH3 is 1. The third-order valence-corrected chi connectivity index (χ3v) is 7.93. The molecule has 0 saturated carbocycles. The van der Waals surface area contributed by atoms with E-state index in [9.17, 15) is 22.4 Å². The number of sulfonamides is 1. The molecule has 3 aromatic carbocycles. The molecule has 0 fully saturated rings. The van der Waals surface area contributed by atoms with Crippen molar-refractivity contribution in [2.45, 2.75) is 45.7 Å². The Labute approximate surface area is 248 Å². The van der Waals surface area contributed by atoms with E-state index in [2.05, 4.69) is 5.32 Å². The summed E-state index contributed by atoms with van der Waals surface area (Å²) < 4.78 is 45.3. The third-order valence-electron chi connectivity index (χ3n) is 6.73. The van der Waals surface area contributed by atoms with Crippen molar-refractivity contribution in [1.82, 2.24) is 10.2 Å². The van der Waals surface area contributed by atoms with Crippen LogP contribution in [0.4, 0.5) is 10.1 Å². The molecule has 2 amide bonds. The number of carbonyl (C=O) groups is 2. The molecular weight excluding hydrogens is 557 g/mol. The predicted molar refractivity (Wildman–Crippen MR) is 163 cm³/mol. The number of halogens is 1. The zero-order valence-corrected chi connectivity index (χ0v) is 25.4. The minimum absolute atomic E-state index is 0.00607. The minimum atomic E-state index is -3.63. The van der Waals surface area contributed by atoms with Gasteiger partial charge in [0.25, 0.3) is 0 Å². The lowest BCUT2D eigenvalue weighted by molar-refractivity contribution is -0.141. The first kappa shape index (κ1) is 32.6. The van der Waals surface area contributed by atoms with Crippen molar-refractivity contribution in [2.24, 2.45) is 5.92 Å². The van der Waals surface area contributed by atoms with Gasteiger partial charge in [0.1, 0.15) is 17.6 Å². The molecule has 0 aliphatic rings. The van der Waals surface area contributed by atoms with E-state index in [0.717, 1.165) is 11.8 Å². The Bertz CT molecular complexity index is 1400. The SMILES string of the molecule is COc1ccc(N(CCCC(=O)N(Cc2ccc(F)cc2)[C@H](Cc2ccccc2)C(=O)NCC(C)C)S(C)(=O)=O)cc1. The molecule has 0 heterocycles. The van der Waals surface area contributed by atoms with Gasteiger partial charge in [-0.05, 0) is 59.9 Å². The average Bonchev–Trinajstić information content (AvgIpc) is 2.96. The lowest BCUT2D eigenvalue weighted by Gasteiger charge is -2.32. The van der Waals surface area contributed by atoms with Gasteiger partial charge in [0, 0.05) is 32.5 Å². The summed E-state index contributed by atoms with van der Waals surface area (Å²) in [6.07, 6.45) is 1.64. The highest BCUT2D eigenvalue weighted by Crippen LogP contribution is 2.23. The van der Waals surface area contributed by atoms with Crippen LogP contribution in [0.15, 0.2) is 78.9 Å². The summed E-state index contributed by atoms with van der Waals surface area (Å²) in [6.45, 7) is 4.60. The molecule has 0 radical (unpaired) electrons. The van der Waals surface area contributed by atoms with Crippen LogP contribution in [0.1, 0.15) is 37.8 Å². The van der Waals surface area contributed by atoms with E-state index >= 15 is 0 Å². The fourth-order valence-corrected chi connectivity index (χ4v) is 5.48. The molecule has 0 aliphatic carbocycles. The molecule has 1 N–H and O–H groups in total. The van der Waals surface area contributed by atoms with Gasteiger partial charge in [0.15, 0.2) is 0 Å². The van der Waals surface area contributed by atoms with E-state index in [1.165, 1.54) is 28.4 Å². The molecule has 0 spiro atoms. The summed E-state index contributed by atoms with van der Waals surface area (Å²) in [4.78, 5) is 28.9. The normalized spacial score (nSPS) is 12.0. The number of carbonyl (C=O) groups excluding carboxylic acids is 2. The van der Waals surface area contributed by atoms with Gasteiger partial charge in [0.2, 0.25) is 21.8 Å². The molecule has 0 unspecified atom stereocenters. The largest absolute Gasteiger partial charge is 0.497 e. The molecule has 0 aliphatic heterocycles. The van der Waals surface area contributed by atoms with Crippen LogP contribution in [0.25, 0.3) is 0 Å². The van der Waals surface area contributed by atoms with Gasteiger partial charge in [-0.2, -0.15) is 0 Å². The van der Waals surface area contributed by atoms with Crippen LogP contribution < -0.4 is 14.4 Å². The van der Waals surface area contributed by atoms with Gasteiger partial charge in [-0.3, -0.25) is 13.9 Å². The molecule has 1 atom stereocenters. The van der Waals surface area contributed by atoms with Crippen molar-refractivity contribution in [3.63, 3.8) is 0 Å². The maximum absolute atomic E-state index is 13.8. The Morgan fingerprint density at radius 3 is 2.14 bits per heavy atom. The second-order valence-corrected chi connectivity index (χ2v) is 12.5. The number of hydrogen-bond acceptors (Lipinski definition) is 5. The monoisotopic (exact) mass is 597 g/mol. The number of benzene rings is 3. The topological polar surface area (TPSA) is 96.0 Å². The van der Waals surface area contributed by atoms with Crippen LogP contribution in [0, 0.1) is 11.7 Å². The van der Waals surface area contributed by atoms with Crippen molar-refractivity contribution in [3.05, 3.63) is 95.8 Å². The molecular formula is C32H40FN3O5S. The Kier molecular flexibility index (Phi) is 11.9. The minimum Gasteiger partial charge on any atom is -0.497 e. The molecule has 226 valence electrons. The van der Waals surface area contributed by atoms with Crippen LogP contribution in [-0.4, -0.2) is 57.6 Å². The van der Waals surface area contributed by atoms with Crippen LogP contribution in [0.3, 0.4) is 0 Å². The Morgan fingerprint density at radius 2 is 1.57 bits per heavy atom. The maximum atomic E-state index is 13.8. The van der Waals surface area contributed by atoms with Crippen LogP contribution >= 0.6 is 0 Å². The van der Waals surface area contributed by atoms with Gasteiger partial charge in [0.05, 0.1) is 19.1 Å². The number of anilines is 1.